The maximum Gasteiger partial charge on any atom is 0.261 e. The summed E-state index contributed by atoms with van der Waals surface area (Å²) >= 11 is 6.10. The van der Waals surface area contributed by atoms with Gasteiger partial charge >= 0.3 is 0 Å². The summed E-state index contributed by atoms with van der Waals surface area (Å²) in [6, 6.07) is 13.1. The molecule has 2 aromatic rings. The first-order valence-corrected chi connectivity index (χ1v) is 14.3. The molecule has 0 aromatic heterocycles. The first-order valence-electron chi connectivity index (χ1n) is 13.9. The predicted octanol–water partition coefficient (Wildman–Crippen LogP) is 5.65. The summed E-state index contributed by atoms with van der Waals surface area (Å²) in [6.45, 7) is 9.93. The quantitative estimate of drug-likeness (QED) is 0.395. The number of allylic oxidation sites excluding steroid dienone is 3. The highest BCUT2D eigenvalue weighted by molar-refractivity contribution is 6.30. The van der Waals surface area contributed by atoms with Gasteiger partial charge in [-0.15, -0.1) is 0 Å². The Balaban J connectivity index is 1.38. The monoisotopic (exact) mass is 575 g/mol. The lowest BCUT2D eigenvalue weighted by atomic mass is 9.66. The maximum absolute atomic E-state index is 11.9. The minimum absolute atomic E-state index is 0.356. The third kappa shape index (κ3) is 5.80. The van der Waals surface area contributed by atoms with E-state index in [0.29, 0.717) is 22.9 Å². The number of ether oxygens (including phenoxy) is 2. The molecule has 7 nitrogen and oxygen atoms in total. The highest BCUT2D eigenvalue weighted by Gasteiger charge is 2.48. The summed E-state index contributed by atoms with van der Waals surface area (Å²) in [6.07, 6.45) is 11.3. The van der Waals surface area contributed by atoms with Crippen LogP contribution in [0, 0.1) is 5.41 Å². The molecule has 1 unspecified atom stereocenters. The number of fused-ring (bicyclic) bond motifs is 2. The molecule has 0 spiro atoms. The highest BCUT2D eigenvalue weighted by Crippen LogP contribution is 2.46. The van der Waals surface area contributed by atoms with Gasteiger partial charge in [-0.3, -0.25) is 4.79 Å². The van der Waals surface area contributed by atoms with Crippen molar-refractivity contribution in [2.45, 2.75) is 51.7 Å². The zero-order valence-electron chi connectivity index (χ0n) is 24.0. The van der Waals surface area contributed by atoms with Gasteiger partial charge in [0.2, 0.25) is 0 Å². The molecule has 8 heteroatoms. The summed E-state index contributed by atoms with van der Waals surface area (Å²) in [5.74, 6) is 0.682. The van der Waals surface area contributed by atoms with Gasteiger partial charge in [0.1, 0.15) is 17.8 Å². The summed E-state index contributed by atoms with van der Waals surface area (Å²) in [4.78, 5) is 14.3. The molecule has 0 aliphatic carbocycles. The van der Waals surface area contributed by atoms with Crippen molar-refractivity contribution in [2.75, 3.05) is 19.6 Å². The number of aliphatic hydroxyl groups is 1. The normalized spacial score (nSPS) is 22.8. The largest absolute Gasteiger partial charge is 0.478 e. The molecule has 3 aliphatic rings. The number of nitrogens with two attached hydrogens (primary N) is 1. The van der Waals surface area contributed by atoms with Crippen LogP contribution < -0.4 is 20.5 Å². The van der Waals surface area contributed by atoms with E-state index in [0.717, 1.165) is 54.0 Å². The Morgan fingerprint density at radius 1 is 1.24 bits per heavy atom. The van der Waals surface area contributed by atoms with Gasteiger partial charge < -0.3 is 30.5 Å². The summed E-state index contributed by atoms with van der Waals surface area (Å²) in [7, 11) is 0. The number of nitrogens with zero attached hydrogens (tertiary/aromatic N) is 1. The van der Waals surface area contributed by atoms with E-state index in [9.17, 15) is 9.90 Å². The van der Waals surface area contributed by atoms with Crippen molar-refractivity contribution in [3.8, 4) is 11.5 Å². The molecule has 4 N–H and O–H groups in total. The molecule has 0 radical (unpaired) electrons. The zero-order valence-corrected chi connectivity index (χ0v) is 24.8. The van der Waals surface area contributed by atoms with Gasteiger partial charge in [-0.2, -0.15) is 0 Å². The SMILES string of the molecule is CC(C)(Oc1ccc2c(c1)/C(=C/CCN1CCC(O)(c3ccc(Cl)cc3)C(C)(C)C1)C1=CC=CNC1=CO2)C(N)=O. The van der Waals surface area contributed by atoms with Crippen molar-refractivity contribution >= 4 is 23.1 Å². The van der Waals surface area contributed by atoms with Crippen LogP contribution in [0.5, 0.6) is 11.5 Å². The summed E-state index contributed by atoms with van der Waals surface area (Å²) < 4.78 is 12.0. The van der Waals surface area contributed by atoms with Gasteiger partial charge in [0.15, 0.2) is 5.60 Å². The van der Waals surface area contributed by atoms with Crippen LogP contribution in [0.1, 0.15) is 51.7 Å². The average molecular weight is 576 g/mol. The molecule has 41 heavy (non-hydrogen) atoms. The number of piperidine rings is 1. The van der Waals surface area contributed by atoms with E-state index in [2.05, 4.69) is 36.2 Å². The van der Waals surface area contributed by atoms with Crippen LogP contribution in [0.3, 0.4) is 0 Å². The molecule has 1 saturated heterocycles. The smallest absolute Gasteiger partial charge is 0.261 e. The third-order valence-corrected chi connectivity index (χ3v) is 8.59. The number of carbonyl (C=O) groups excluding carboxylic acids is 1. The predicted molar refractivity (Wildman–Crippen MR) is 162 cm³/mol. The van der Waals surface area contributed by atoms with Crippen LogP contribution in [-0.4, -0.2) is 41.1 Å². The standard InChI is InChI=1S/C33H38ClN3O4/c1-31(2)21-37(18-15-33(31,39)22-9-11-23(34)12-10-22)17-6-8-25-26-7-5-16-36-28(26)20-40-29-14-13-24(19-27(25)29)41-32(3,4)30(35)38/h5,7-14,16,19-20,36,39H,6,15,17-18,21H2,1-4H3,(H2,35,38)/b25-8+. The van der Waals surface area contributed by atoms with Gasteiger partial charge in [0.05, 0.1) is 11.3 Å². The van der Waals surface area contributed by atoms with Crippen LogP contribution in [0.15, 0.2) is 84.4 Å². The average Bonchev–Trinajstić information content (AvgIpc) is 3.07. The molecule has 0 saturated carbocycles. The third-order valence-electron chi connectivity index (χ3n) is 8.33. The minimum atomic E-state index is -1.16. The van der Waals surface area contributed by atoms with Crippen LogP contribution >= 0.6 is 11.6 Å². The van der Waals surface area contributed by atoms with E-state index < -0.39 is 17.1 Å². The second kappa shape index (κ2) is 11.0. The molecule has 3 heterocycles. The Hall–Kier alpha value is -3.52. The molecular formula is C33H38ClN3O4. The molecular weight excluding hydrogens is 538 g/mol. The number of primary amides is 1. The lowest BCUT2D eigenvalue weighted by molar-refractivity contribution is -0.130. The fourth-order valence-electron chi connectivity index (χ4n) is 5.77. The maximum atomic E-state index is 11.9. The van der Waals surface area contributed by atoms with Crippen molar-refractivity contribution < 1.29 is 19.4 Å². The first kappa shape index (κ1) is 29.0. The number of rotatable bonds is 7. The van der Waals surface area contributed by atoms with Crippen molar-refractivity contribution in [2.24, 2.45) is 11.1 Å². The van der Waals surface area contributed by atoms with Gasteiger partial charge in [0.25, 0.3) is 5.91 Å². The molecule has 1 amide bonds. The van der Waals surface area contributed by atoms with Crippen molar-refractivity contribution in [3.05, 3.63) is 101 Å². The van der Waals surface area contributed by atoms with Crippen molar-refractivity contribution in [1.29, 1.82) is 0 Å². The second-order valence-corrected chi connectivity index (χ2v) is 12.5. The molecule has 1 fully saturated rings. The Morgan fingerprint density at radius 3 is 2.71 bits per heavy atom. The molecule has 3 aliphatic heterocycles. The molecule has 1 atom stereocenters. The van der Waals surface area contributed by atoms with Gasteiger partial charge in [-0.05, 0) is 74.2 Å². The highest BCUT2D eigenvalue weighted by atomic mass is 35.5. The zero-order chi connectivity index (χ0) is 29.4. The summed E-state index contributed by atoms with van der Waals surface area (Å²) in [5.41, 5.74) is 7.77. The Labute approximate surface area is 247 Å². The number of dihydropyridines is 1. The van der Waals surface area contributed by atoms with E-state index in [-0.39, 0.29) is 5.41 Å². The van der Waals surface area contributed by atoms with Crippen LogP contribution in [0.2, 0.25) is 5.02 Å². The van der Waals surface area contributed by atoms with Gasteiger partial charge in [-0.1, -0.05) is 49.7 Å². The van der Waals surface area contributed by atoms with E-state index >= 15 is 0 Å². The fraction of sp³-hybridized carbons (Fsp3) is 0.364. The van der Waals surface area contributed by atoms with E-state index in [1.54, 1.807) is 26.2 Å². The lowest BCUT2D eigenvalue weighted by Gasteiger charge is -2.50. The molecule has 5 rings (SSSR count). The number of halogens is 1. The fourth-order valence-corrected chi connectivity index (χ4v) is 5.90. The Morgan fingerprint density at radius 2 is 2.00 bits per heavy atom. The summed E-state index contributed by atoms with van der Waals surface area (Å²) in [5, 5.41) is 15.7. The Kier molecular flexibility index (Phi) is 7.81. The number of hydrogen-bond acceptors (Lipinski definition) is 6. The lowest BCUT2D eigenvalue weighted by Crippen LogP contribution is -2.55. The van der Waals surface area contributed by atoms with Crippen LogP contribution in [0.4, 0.5) is 0 Å². The van der Waals surface area contributed by atoms with Gasteiger partial charge in [0, 0.05) is 47.4 Å². The van der Waals surface area contributed by atoms with Crippen LogP contribution in [0.25, 0.3) is 5.57 Å². The van der Waals surface area contributed by atoms with Gasteiger partial charge in [-0.25, -0.2) is 0 Å². The number of likely N-dealkylation sites (tertiary alicyclic amines) is 1. The molecule has 216 valence electrons. The molecule has 0 bridgehead atoms. The number of carbonyl (C=O) groups is 1. The Bertz CT molecular complexity index is 1460. The number of benzene rings is 2. The van der Waals surface area contributed by atoms with E-state index in [4.69, 9.17) is 26.8 Å². The number of amides is 1. The number of hydrogen-bond donors (Lipinski definition) is 3. The van der Waals surface area contributed by atoms with Crippen molar-refractivity contribution in [1.82, 2.24) is 10.2 Å². The first-order chi connectivity index (χ1) is 19.4. The second-order valence-electron chi connectivity index (χ2n) is 12.1. The van der Waals surface area contributed by atoms with Crippen molar-refractivity contribution in [3.63, 3.8) is 0 Å². The molecule has 2 aromatic carbocycles. The van der Waals surface area contributed by atoms with E-state index in [1.165, 1.54) is 0 Å². The van der Waals surface area contributed by atoms with Crippen LogP contribution in [-0.2, 0) is 10.4 Å². The minimum Gasteiger partial charge on any atom is -0.478 e. The van der Waals surface area contributed by atoms with E-state index in [1.807, 2.05) is 48.7 Å². The topological polar surface area (TPSA) is 97.1 Å². The number of nitrogens with one attached hydrogen (secondary N) is 1.